The number of hydrogen-bond acceptors (Lipinski definition) is 7. The highest BCUT2D eigenvalue weighted by Crippen LogP contribution is 2.24. The molecule has 1 atom stereocenters. The molecule has 1 N–H and O–H groups in total. The lowest BCUT2D eigenvalue weighted by Crippen LogP contribution is -2.25. The van der Waals surface area contributed by atoms with Crippen molar-refractivity contribution in [2.24, 2.45) is 0 Å². The van der Waals surface area contributed by atoms with E-state index in [-0.39, 0.29) is 0 Å². The van der Waals surface area contributed by atoms with Gasteiger partial charge in [0, 0.05) is 44.4 Å². The quantitative estimate of drug-likeness (QED) is 0.785. The van der Waals surface area contributed by atoms with Gasteiger partial charge in [-0.3, -0.25) is 9.88 Å². The molecule has 0 spiro atoms. The van der Waals surface area contributed by atoms with Gasteiger partial charge in [-0.1, -0.05) is 0 Å². The summed E-state index contributed by atoms with van der Waals surface area (Å²) >= 11 is 0. The molecule has 1 aliphatic heterocycles. The maximum Gasteiger partial charge on any atom is 0.141 e. The van der Waals surface area contributed by atoms with Crippen LogP contribution < -0.4 is 10.1 Å². The zero-order valence-electron chi connectivity index (χ0n) is 14.8. The Morgan fingerprint density at radius 2 is 2.28 bits per heavy atom. The molecule has 3 heterocycles. The third-order valence-electron chi connectivity index (χ3n) is 4.32. The first kappa shape index (κ1) is 17.6. The highest BCUT2D eigenvalue weighted by Gasteiger charge is 2.19. The molecule has 1 saturated heterocycles. The number of likely N-dealkylation sites (N-methyl/N-ethyl adjacent to an activating group) is 1. The van der Waals surface area contributed by atoms with Gasteiger partial charge < -0.3 is 14.8 Å². The van der Waals surface area contributed by atoms with Crippen LogP contribution >= 0.6 is 0 Å². The topological polar surface area (TPSA) is 72.4 Å². The maximum absolute atomic E-state index is 5.44. The third kappa shape index (κ3) is 4.87. The van der Waals surface area contributed by atoms with E-state index in [1.54, 1.807) is 19.6 Å². The summed E-state index contributed by atoms with van der Waals surface area (Å²) < 4.78 is 10.8. The SMILES string of the molecule is COc1cccnc1CN(C)CCNc1cc(C2CCOC2)ncn1. The van der Waals surface area contributed by atoms with Crippen LogP contribution in [0.1, 0.15) is 23.7 Å². The van der Waals surface area contributed by atoms with Crippen molar-refractivity contribution >= 4 is 5.82 Å². The Bertz CT molecular complexity index is 676. The standard InChI is InChI=1S/C18H25N5O2/c1-23(11-16-17(24-2)4-3-6-19-16)8-7-20-18-10-15(21-13-22-18)14-5-9-25-12-14/h3-4,6,10,13-14H,5,7-9,11-12H2,1-2H3,(H,20,21,22). The average molecular weight is 343 g/mol. The summed E-state index contributed by atoms with van der Waals surface area (Å²) in [5.41, 5.74) is 2.00. The molecule has 0 amide bonds. The summed E-state index contributed by atoms with van der Waals surface area (Å²) in [4.78, 5) is 15.3. The monoisotopic (exact) mass is 343 g/mol. The van der Waals surface area contributed by atoms with E-state index in [0.29, 0.717) is 5.92 Å². The van der Waals surface area contributed by atoms with Crippen LogP contribution in [0, 0.1) is 0 Å². The normalized spacial score (nSPS) is 17.0. The highest BCUT2D eigenvalue weighted by molar-refractivity contribution is 5.36. The van der Waals surface area contributed by atoms with Crippen molar-refractivity contribution in [3.8, 4) is 5.75 Å². The second kappa shape index (κ2) is 8.73. The second-order valence-corrected chi connectivity index (χ2v) is 6.21. The molecule has 134 valence electrons. The van der Waals surface area contributed by atoms with Crippen LogP contribution in [0.15, 0.2) is 30.7 Å². The fourth-order valence-corrected chi connectivity index (χ4v) is 2.90. The zero-order chi connectivity index (χ0) is 17.5. The van der Waals surface area contributed by atoms with Crippen LogP contribution in [-0.4, -0.2) is 60.3 Å². The summed E-state index contributed by atoms with van der Waals surface area (Å²) in [5.74, 6) is 2.07. The van der Waals surface area contributed by atoms with Crippen LogP contribution in [0.5, 0.6) is 5.75 Å². The fourth-order valence-electron chi connectivity index (χ4n) is 2.90. The van der Waals surface area contributed by atoms with Crippen LogP contribution in [0.3, 0.4) is 0 Å². The number of pyridine rings is 1. The van der Waals surface area contributed by atoms with Gasteiger partial charge >= 0.3 is 0 Å². The summed E-state index contributed by atoms with van der Waals surface area (Å²) in [6.45, 7) is 3.97. The lowest BCUT2D eigenvalue weighted by molar-refractivity contribution is 0.193. The first-order valence-electron chi connectivity index (χ1n) is 8.56. The Kier molecular flexibility index (Phi) is 6.14. The number of nitrogens with one attached hydrogen (secondary N) is 1. The average Bonchev–Trinajstić information content (AvgIpc) is 3.17. The minimum absolute atomic E-state index is 0.392. The van der Waals surface area contributed by atoms with Gasteiger partial charge in [-0.25, -0.2) is 9.97 Å². The fraction of sp³-hybridized carbons (Fsp3) is 0.500. The minimum atomic E-state index is 0.392. The molecule has 1 fully saturated rings. The Hall–Kier alpha value is -2.25. The molecule has 2 aromatic heterocycles. The number of hydrogen-bond donors (Lipinski definition) is 1. The lowest BCUT2D eigenvalue weighted by Gasteiger charge is -2.18. The Morgan fingerprint density at radius 1 is 1.36 bits per heavy atom. The molecule has 3 rings (SSSR count). The number of rotatable bonds is 8. The van der Waals surface area contributed by atoms with E-state index in [1.807, 2.05) is 18.2 Å². The van der Waals surface area contributed by atoms with Crippen molar-refractivity contribution in [2.75, 3.05) is 45.8 Å². The van der Waals surface area contributed by atoms with Gasteiger partial charge in [0.2, 0.25) is 0 Å². The van der Waals surface area contributed by atoms with Gasteiger partial charge in [0.15, 0.2) is 0 Å². The van der Waals surface area contributed by atoms with Crippen LogP contribution in [0.2, 0.25) is 0 Å². The molecule has 25 heavy (non-hydrogen) atoms. The molecule has 2 aromatic rings. The van der Waals surface area contributed by atoms with E-state index in [2.05, 4.69) is 32.2 Å². The predicted octanol–water partition coefficient (Wildman–Crippen LogP) is 1.93. The van der Waals surface area contributed by atoms with Crippen molar-refractivity contribution < 1.29 is 9.47 Å². The van der Waals surface area contributed by atoms with Crippen molar-refractivity contribution in [2.45, 2.75) is 18.9 Å². The Labute approximate surface area is 148 Å². The number of nitrogens with zero attached hydrogens (tertiary/aromatic N) is 4. The van der Waals surface area contributed by atoms with Crippen molar-refractivity contribution in [3.63, 3.8) is 0 Å². The van der Waals surface area contributed by atoms with E-state index in [4.69, 9.17) is 9.47 Å². The Morgan fingerprint density at radius 3 is 3.08 bits per heavy atom. The van der Waals surface area contributed by atoms with Gasteiger partial charge in [-0.15, -0.1) is 0 Å². The summed E-state index contributed by atoms with van der Waals surface area (Å²) in [6.07, 6.45) is 4.45. The van der Waals surface area contributed by atoms with Crippen LogP contribution in [-0.2, 0) is 11.3 Å². The third-order valence-corrected chi connectivity index (χ3v) is 4.32. The molecule has 7 nitrogen and oxygen atoms in total. The highest BCUT2D eigenvalue weighted by atomic mass is 16.5. The molecular weight excluding hydrogens is 318 g/mol. The minimum Gasteiger partial charge on any atom is -0.495 e. The molecule has 7 heteroatoms. The summed E-state index contributed by atoms with van der Waals surface area (Å²) in [6, 6.07) is 5.84. The van der Waals surface area contributed by atoms with E-state index in [0.717, 1.165) is 62.2 Å². The summed E-state index contributed by atoms with van der Waals surface area (Å²) in [5, 5.41) is 3.37. The van der Waals surface area contributed by atoms with Gasteiger partial charge in [0.1, 0.15) is 17.9 Å². The maximum atomic E-state index is 5.44. The predicted molar refractivity (Wildman–Crippen MR) is 95.8 cm³/mol. The first-order valence-corrected chi connectivity index (χ1v) is 8.56. The van der Waals surface area contributed by atoms with E-state index < -0.39 is 0 Å². The van der Waals surface area contributed by atoms with E-state index in [1.165, 1.54) is 0 Å². The van der Waals surface area contributed by atoms with Crippen LogP contribution in [0.25, 0.3) is 0 Å². The molecule has 0 bridgehead atoms. The van der Waals surface area contributed by atoms with Crippen molar-refractivity contribution in [1.29, 1.82) is 0 Å². The number of ether oxygens (including phenoxy) is 2. The van der Waals surface area contributed by atoms with Crippen LogP contribution in [0.4, 0.5) is 5.82 Å². The molecule has 0 radical (unpaired) electrons. The van der Waals surface area contributed by atoms with Gasteiger partial charge in [-0.05, 0) is 25.6 Å². The number of methoxy groups -OCH3 is 1. The lowest BCUT2D eigenvalue weighted by atomic mass is 10.1. The molecule has 0 saturated carbocycles. The second-order valence-electron chi connectivity index (χ2n) is 6.21. The van der Waals surface area contributed by atoms with Gasteiger partial charge in [-0.2, -0.15) is 0 Å². The molecule has 1 aliphatic rings. The van der Waals surface area contributed by atoms with Crippen molar-refractivity contribution in [3.05, 3.63) is 42.1 Å². The van der Waals surface area contributed by atoms with Gasteiger partial charge in [0.05, 0.1) is 25.1 Å². The first-order chi connectivity index (χ1) is 12.3. The molecule has 1 unspecified atom stereocenters. The molecule has 0 aliphatic carbocycles. The zero-order valence-corrected chi connectivity index (χ0v) is 14.8. The smallest absolute Gasteiger partial charge is 0.141 e. The molecule has 0 aromatic carbocycles. The number of aromatic nitrogens is 3. The van der Waals surface area contributed by atoms with E-state index >= 15 is 0 Å². The molecular formula is C18H25N5O2. The van der Waals surface area contributed by atoms with E-state index in [9.17, 15) is 0 Å². The summed E-state index contributed by atoms with van der Waals surface area (Å²) in [7, 11) is 3.74. The van der Waals surface area contributed by atoms with Crippen molar-refractivity contribution in [1.82, 2.24) is 19.9 Å². The number of anilines is 1. The largest absolute Gasteiger partial charge is 0.495 e. The van der Waals surface area contributed by atoms with Gasteiger partial charge in [0.25, 0.3) is 0 Å². The Balaban J connectivity index is 1.48.